The minimum atomic E-state index is 0.662. The molecule has 1 heterocycles. The molecule has 1 aromatic heterocycles. The maximum atomic E-state index is 5.95. The van der Waals surface area contributed by atoms with E-state index in [1.165, 1.54) is 0 Å². The molecule has 0 aliphatic rings. The first-order valence-corrected chi connectivity index (χ1v) is 6.91. The highest BCUT2D eigenvalue weighted by atomic mass is 15.3. The van der Waals surface area contributed by atoms with Crippen molar-refractivity contribution in [1.82, 2.24) is 9.78 Å². The lowest BCUT2D eigenvalue weighted by atomic mass is 10.2. The van der Waals surface area contributed by atoms with Gasteiger partial charge in [-0.1, -0.05) is 0 Å². The number of aromatic nitrogens is 2. The molecule has 1 aromatic carbocycles. The van der Waals surface area contributed by atoms with Gasteiger partial charge in [-0.05, 0) is 31.5 Å². The maximum Gasteiger partial charge on any atom is 0.147 e. The number of nitrogens with one attached hydrogen (secondary N) is 2. The molecule has 0 spiro atoms. The molecule has 0 saturated heterocycles. The molecule has 8 N–H and O–H groups in total. The second-order valence-corrected chi connectivity index (χ2v) is 5.03. The topological polar surface area (TPSA) is 120 Å². The molecule has 0 bridgehead atoms. The van der Waals surface area contributed by atoms with Gasteiger partial charge < -0.3 is 27.8 Å². The summed E-state index contributed by atoms with van der Waals surface area (Å²) in [6.07, 6.45) is 0.924. The van der Waals surface area contributed by atoms with Crippen LogP contribution in [0.3, 0.4) is 0 Å². The van der Waals surface area contributed by atoms with Gasteiger partial charge in [0.1, 0.15) is 5.82 Å². The van der Waals surface area contributed by atoms with Crippen LogP contribution < -0.4 is 27.8 Å². The van der Waals surface area contributed by atoms with Gasteiger partial charge in [0, 0.05) is 25.8 Å². The number of aryl methyl sites for hydroxylation is 2. The van der Waals surface area contributed by atoms with Gasteiger partial charge in [0.15, 0.2) is 0 Å². The highest BCUT2D eigenvalue weighted by Gasteiger charge is 2.08. The van der Waals surface area contributed by atoms with Crippen molar-refractivity contribution in [3.63, 3.8) is 0 Å². The summed E-state index contributed by atoms with van der Waals surface area (Å²) in [5, 5.41) is 10.8. The smallest absolute Gasteiger partial charge is 0.147 e. The second kappa shape index (κ2) is 6.25. The predicted molar refractivity (Wildman–Crippen MR) is 89.2 cm³/mol. The molecule has 0 unspecified atom stereocenters. The van der Waals surface area contributed by atoms with Crippen molar-refractivity contribution < 1.29 is 0 Å². The van der Waals surface area contributed by atoms with E-state index in [0.717, 1.165) is 36.7 Å². The molecular weight excluding hydrogens is 266 g/mol. The molecule has 0 radical (unpaired) electrons. The predicted octanol–water partition coefficient (Wildman–Crippen LogP) is 1.39. The van der Waals surface area contributed by atoms with Crippen LogP contribution in [0.2, 0.25) is 0 Å². The van der Waals surface area contributed by atoms with Crippen molar-refractivity contribution in [2.24, 2.45) is 7.05 Å². The maximum absolute atomic E-state index is 5.95. The molecule has 2 aromatic rings. The van der Waals surface area contributed by atoms with Crippen molar-refractivity contribution in [2.75, 3.05) is 40.9 Å². The zero-order valence-corrected chi connectivity index (χ0v) is 12.5. The van der Waals surface area contributed by atoms with Crippen LogP contribution in [0.4, 0.5) is 28.6 Å². The Morgan fingerprint density at radius 3 is 2.48 bits per heavy atom. The summed E-state index contributed by atoms with van der Waals surface area (Å²) in [6.45, 7) is 3.49. The van der Waals surface area contributed by atoms with Crippen LogP contribution in [-0.4, -0.2) is 22.9 Å². The Kier molecular flexibility index (Phi) is 4.42. The number of hydrogen-bond donors (Lipinski definition) is 5. The molecule has 7 nitrogen and oxygen atoms in total. The number of nitrogens with zero attached hydrogens (tertiary/aromatic N) is 2. The van der Waals surface area contributed by atoms with E-state index in [-0.39, 0.29) is 0 Å². The van der Waals surface area contributed by atoms with Crippen LogP contribution >= 0.6 is 0 Å². The van der Waals surface area contributed by atoms with Gasteiger partial charge in [0.05, 0.1) is 22.8 Å². The van der Waals surface area contributed by atoms with Crippen molar-refractivity contribution >= 4 is 28.6 Å². The summed E-state index contributed by atoms with van der Waals surface area (Å²) in [5.74, 6) is 0.861. The van der Waals surface area contributed by atoms with Crippen molar-refractivity contribution in [1.29, 1.82) is 0 Å². The number of rotatable bonds is 6. The average molecular weight is 289 g/mol. The van der Waals surface area contributed by atoms with Crippen molar-refractivity contribution in [3.05, 3.63) is 23.9 Å². The normalized spacial score (nSPS) is 10.6. The molecule has 7 heteroatoms. The summed E-state index contributed by atoms with van der Waals surface area (Å²) in [5.41, 5.74) is 21.3. The number of benzene rings is 1. The molecule has 114 valence electrons. The first-order chi connectivity index (χ1) is 9.99. The number of anilines is 5. The highest BCUT2D eigenvalue weighted by Crippen LogP contribution is 2.22. The quantitative estimate of drug-likeness (QED) is 0.405. The lowest BCUT2D eigenvalue weighted by molar-refractivity contribution is 0.754. The monoisotopic (exact) mass is 289 g/mol. The summed E-state index contributed by atoms with van der Waals surface area (Å²) < 4.78 is 1.76. The van der Waals surface area contributed by atoms with E-state index in [4.69, 9.17) is 17.2 Å². The Morgan fingerprint density at radius 1 is 1.14 bits per heavy atom. The third kappa shape index (κ3) is 3.50. The minimum Gasteiger partial charge on any atom is -0.399 e. The third-order valence-electron chi connectivity index (χ3n) is 3.31. The molecule has 0 atom stereocenters. The van der Waals surface area contributed by atoms with Crippen LogP contribution in [-0.2, 0) is 7.05 Å². The summed E-state index contributed by atoms with van der Waals surface area (Å²) in [7, 11) is 1.87. The molecule has 0 fully saturated rings. The number of nitrogens with two attached hydrogens (primary N) is 3. The lowest BCUT2D eigenvalue weighted by Crippen LogP contribution is -2.12. The first kappa shape index (κ1) is 14.8. The molecule has 0 aliphatic heterocycles. The van der Waals surface area contributed by atoms with Crippen LogP contribution in [0.5, 0.6) is 0 Å². The fraction of sp³-hybridized carbons (Fsp3) is 0.357. The standard InChI is InChI=1S/C14H23N7/c1-9-13(17)14(21(2)20-9)19-7-3-6-18-12-5-4-10(15)8-11(12)16/h4-5,8,18-19H,3,6-7,15-17H2,1-2H3. The van der Waals surface area contributed by atoms with Gasteiger partial charge >= 0.3 is 0 Å². The van der Waals surface area contributed by atoms with E-state index in [9.17, 15) is 0 Å². The van der Waals surface area contributed by atoms with E-state index in [1.54, 1.807) is 10.7 Å². The Labute approximate surface area is 124 Å². The van der Waals surface area contributed by atoms with Gasteiger partial charge in [0.25, 0.3) is 0 Å². The average Bonchev–Trinajstić information content (AvgIpc) is 2.66. The van der Waals surface area contributed by atoms with Gasteiger partial charge in [-0.2, -0.15) is 5.10 Å². The summed E-state index contributed by atoms with van der Waals surface area (Å²) in [6, 6.07) is 5.47. The highest BCUT2D eigenvalue weighted by molar-refractivity contribution is 5.70. The van der Waals surface area contributed by atoms with Crippen LogP contribution in [0.15, 0.2) is 18.2 Å². The zero-order valence-electron chi connectivity index (χ0n) is 12.5. The second-order valence-electron chi connectivity index (χ2n) is 5.03. The van der Waals surface area contributed by atoms with Gasteiger partial charge in [0.2, 0.25) is 0 Å². The Morgan fingerprint density at radius 2 is 1.86 bits per heavy atom. The van der Waals surface area contributed by atoms with Crippen LogP contribution in [0, 0.1) is 6.92 Å². The zero-order chi connectivity index (χ0) is 15.4. The Hall–Kier alpha value is -2.57. The fourth-order valence-corrected chi connectivity index (χ4v) is 2.14. The van der Waals surface area contributed by atoms with E-state index in [1.807, 2.05) is 26.1 Å². The molecule has 0 amide bonds. The molecule has 21 heavy (non-hydrogen) atoms. The van der Waals surface area contributed by atoms with E-state index < -0.39 is 0 Å². The van der Waals surface area contributed by atoms with Crippen molar-refractivity contribution in [3.8, 4) is 0 Å². The van der Waals surface area contributed by atoms with Gasteiger partial charge in [-0.15, -0.1) is 0 Å². The molecule has 0 saturated carbocycles. The van der Waals surface area contributed by atoms with Crippen LogP contribution in [0.1, 0.15) is 12.1 Å². The third-order valence-corrected chi connectivity index (χ3v) is 3.31. The number of hydrogen-bond acceptors (Lipinski definition) is 6. The Balaban J connectivity index is 1.77. The van der Waals surface area contributed by atoms with Gasteiger partial charge in [-0.3, -0.25) is 4.68 Å². The lowest BCUT2D eigenvalue weighted by Gasteiger charge is -2.11. The fourth-order valence-electron chi connectivity index (χ4n) is 2.14. The van der Waals surface area contributed by atoms with Crippen molar-refractivity contribution in [2.45, 2.75) is 13.3 Å². The van der Waals surface area contributed by atoms with E-state index >= 15 is 0 Å². The van der Waals surface area contributed by atoms with Crippen LogP contribution in [0.25, 0.3) is 0 Å². The minimum absolute atomic E-state index is 0.662. The number of nitrogen functional groups attached to an aromatic ring is 3. The summed E-state index contributed by atoms with van der Waals surface area (Å²) >= 11 is 0. The molecule has 2 rings (SSSR count). The largest absolute Gasteiger partial charge is 0.399 e. The van der Waals surface area contributed by atoms with E-state index in [0.29, 0.717) is 17.1 Å². The SMILES string of the molecule is Cc1nn(C)c(NCCCNc2ccc(N)cc2N)c1N. The molecular formula is C14H23N7. The van der Waals surface area contributed by atoms with Gasteiger partial charge in [-0.25, -0.2) is 0 Å². The molecule has 0 aliphatic carbocycles. The summed E-state index contributed by atoms with van der Waals surface area (Å²) in [4.78, 5) is 0. The first-order valence-electron chi connectivity index (χ1n) is 6.91. The van der Waals surface area contributed by atoms with E-state index in [2.05, 4.69) is 15.7 Å². The Bertz CT molecular complexity index is 618.